The van der Waals surface area contributed by atoms with E-state index in [2.05, 4.69) is 97.1 Å². The Kier molecular flexibility index (Phi) is 9.75. The minimum atomic E-state index is -0.877. The van der Waals surface area contributed by atoms with Crippen molar-refractivity contribution in [1.29, 1.82) is 0 Å². The number of hydrogen-bond donors (Lipinski definition) is 0. The molecule has 4 rings (SSSR count). The summed E-state index contributed by atoms with van der Waals surface area (Å²) in [4.78, 5) is 10.8. The maximum Gasteiger partial charge on any atom is 0.334 e. The summed E-state index contributed by atoms with van der Waals surface area (Å²) in [6.45, 7) is 5.73. The maximum atomic E-state index is 10.8. The zero-order chi connectivity index (χ0) is 20.6. The van der Waals surface area contributed by atoms with Crippen molar-refractivity contribution < 1.29 is 33.3 Å². The van der Waals surface area contributed by atoms with Crippen molar-refractivity contribution in [2.45, 2.75) is 26.9 Å². The first-order chi connectivity index (χ1) is 14.1. The van der Waals surface area contributed by atoms with E-state index in [0.717, 1.165) is 0 Å². The summed E-state index contributed by atoms with van der Waals surface area (Å²) >= 11 is 0. The van der Waals surface area contributed by atoms with Gasteiger partial charge in [-0.25, -0.2) is 4.79 Å². The first kappa shape index (κ1) is 24.3. The first-order valence-corrected chi connectivity index (χ1v) is 11.4. The molecular weight excluding hydrogens is 572 g/mol. The van der Waals surface area contributed by atoms with E-state index in [-0.39, 0.29) is 35.9 Å². The molecule has 0 saturated heterocycles. The Labute approximate surface area is 198 Å². The van der Waals surface area contributed by atoms with E-state index in [0.29, 0.717) is 11.5 Å². The number of carbonyl (C=O) groups is 1. The molecule has 0 amide bonds. The van der Waals surface area contributed by atoms with Gasteiger partial charge in [-0.15, -0.1) is 0 Å². The normalized spacial score (nSPS) is 15.0. The average molecular weight is 601 g/mol. The number of esters is 1. The van der Waals surface area contributed by atoms with E-state index in [1.807, 2.05) is 13.8 Å². The predicted molar refractivity (Wildman–Crippen MR) is 126 cm³/mol. The van der Waals surface area contributed by atoms with Gasteiger partial charge in [0, 0.05) is 35.5 Å². The van der Waals surface area contributed by atoms with Crippen LogP contribution in [0.15, 0.2) is 96.6 Å². The van der Waals surface area contributed by atoms with Gasteiger partial charge in [0.05, 0.1) is 7.92 Å². The Hall–Kier alpha value is -1.96. The molecule has 0 aromatic heterocycles. The van der Waals surface area contributed by atoms with Gasteiger partial charge in [-0.2, -0.15) is 0 Å². The Morgan fingerprint density at radius 3 is 1.40 bits per heavy atom. The van der Waals surface area contributed by atoms with Gasteiger partial charge in [-0.1, -0.05) is 68.4 Å². The van der Waals surface area contributed by atoms with Crippen LogP contribution < -0.4 is 15.9 Å². The van der Waals surface area contributed by atoms with E-state index in [9.17, 15) is 4.79 Å². The van der Waals surface area contributed by atoms with Crippen LogP contribution in [0.25, 0.3) is 0 Å². The molecule has 30 heavy (non-hydrogen) atoms. The second kappa shape index (κ2) is 12.0. The smallest absolute Gasteiger partial charge is 0.334 e. The summed E-state index contributed by atoms with van der Waals surface area (Å²) in [5, 5.41) is 4.31. The van der Waals surface area contributed by atoms with Gasteiger partial charge in [0.15, 0.2) is 0 Å². The number of rotatable bonds is 4. The van der Waals surface area contributed by atoms with E-state index in [1.54, 1.807) is 6.92 Å². The van der Waals surface area contributed by atoms with Crippen molar-refractivity contribution in [2.75, 3.05) is 0 Å². The number of cyclic esters (lactones) is 1. The van der Waals surface area contributed by atoms with Crippen LogP contribution in [0.4, 0.5) is 0 Å². The zero-order valence-corrected chi connectivity index (χ0v) is 20.6. The summed E-state index contributed by atoms with van der Waals surface area (Å²) < 4.78 is 4.95. The molecule has 1 atom stereocenters. The van der Waals surface area contributed by atoms with Crippen LogP contribution in [0.3, 0.4) is 0 Å². The Morgan fingerprint density at radius 1 is 0.800 bits per heavy atom. The standard InChI is InChI=1S/C18H15P.C8H11O2.Au.H2/c1-4-10-16(11-5-1)19(17-12-6-2-7-13-17)18-14-8-3-9-15-18;1-5(2)7-4-6(3)8(9)10-7;;/h1-15H;5,7H,1-3H3;;1H/p+1. The molecule has 1 aliphatic heterocycles. The van der Waals surface area contributed by atoms with Gasteiger partial charge in [0.2, 0.25) is 0 Å². The van der Waals surface area contributed by atoms with Crippen LogP contribution >= 0.6 is 7.92 Å². The monoisotopic (exact) mass is 601 g/mol. The zero-order valence-electron chi connectivity index (χ0n) is 17.4. The minimum absolute atomic E-state index is 0. The van der Waals surface area contributed by atoms with Crippen molar-refractivity contribution in [3.05, 3.63) is 103 Å². The molecule has 0 fully saturated rings. The van der Waals surface area contributed by atoms with Crippen LogP contribution in [0.1, 0.15) is 22.2 Å². The van der Waals surface area contributed by atoms with Crippen molar-refractivity contribution in [1.82, 2.24) is 0 Å². The topological polar surface area (TPSA) is 26.3 Å². The SMILES string of the molecule is CC1=[C]C(C(C)C)OC1=O.[Au].[HH].c1ccc([PH+](c2ccccc2)c2ccccc2)cc1. The summed E-state index contributed by atoms with van der Waals surface area (Å²) in [5.74, 6) is 0.111. The first-order valence-electron chi connectivity index (χ1n) is 9.90. The second-order valence-corrected chi connectivity index (χ2v) is 9.79. The molecule has 1 heterocycles. The van der Waals surface area contributed by atoms with Gasteiger partial charge >= 0.3 is 5.97 Å². The van der Waals surface area contributed by atoms with Crippen molar-refractivity contribution >= 4 is 29.8 Å². The molecule has 3 aromatic carbocycles. The van der Waals surface area contributed by atoms with Crippen LogP contribution in [0, 0.1) is 12.0 Å². The molecule has 4 heteroatoms. The molecule has 0 saturated carbocycles. The van der Waals surface area contributed by atoms with Gasteiger partial charge < -0.3 is 4.74 Å². The molecule has 0 N–H and O–H groups in total. The summed E-state index contributed by atoms with van der Waals surface area (Å²) in [5.41, 5.74) is 0.610. The molecule has 2 nitrogen and oxygen atoms in total. The van der Waals surface area contributed by atoms with Crippen LogP contribution in [-0.2, 0) is 31.9 Å². The fraction of sp³-hybridized carbons (Fsp3) is 0.192. The largest absolute Gasteiger partial charge is 0.454 e. The fourth-order valence-electron chi connectivity index (χ4n) is 3.12. The van der Waals surface area contributed by atoms with E-state index >= 15 is 0 Å². The van der Waals surface area contributed by atoms with Gasteiger partial charge in [-0.05, 0) is 49.2 Å². The number of hydrogen-bond acceptors (Lipinski definition) is 2. The van der Waals surface area contributed by atoms with Crippen molar-refractivity contribution in [3.63, 3.8) is 0 Å². The Morgan fingerprint density at radius 2 is 1.17 bits per heavy atom. The molecule has 1 aliphatic rings. The van der Waals surface area contributed by atoms with E-state index in [1.165, 1.54) is 15.9 Å². The third kappa shape index (κ3) is 6.52. The molecule has 160 valence electrons. The van der Waals surface area contributed by atoms with E-state index in [4.69, 9.17) is 4.74 Å². The van der Waals surface area contributed by atoms with Gasteiger partial charge in [-0.3, -0.25) is 0 Å². The quantitative estimate of drug-likeness (QED) is 0.246. The van der Waals surface area contributed by atoms with Crippen LogP contribution in [0.5, 0.6) is 0 Å². The van der Waals surface area contributed by atoms with Crippen molar-refractivity contribution in [2.24, 2.45) is 5.92 Å². The molecule has 2 radical (unpaired) electrons. The molecule has 0 aliphatic carbocycles. The number of benzene rings is 3. The molecule has 0 spiro atoms. The summed E-state index contributed by atoms with van der Waals surface area (Å²) in [6.07, 6.45) is 2.83. The maximum absolute atomic E-state index is 10.8. The molecule has 0 bridgehead atoms. The third-order valence-corrected chi connectivity index (χ3v) is 7.42. The van der Waals surface area contributed by atoms with Gasteiger partial charge in [0.1, 0.15) is 22.0 Å². The average Bonchev–Trinajstić information content (AvgIpc) is 3.10. The van der Waals surface area contributed by atoms with Gasteiger partial charge in [0.25, 0.3) is 0 Å². The Bertz CT molecular complexity index is 853. The van der Waals surface area contributed by atoms with Crippen LogP contribution in [-0.4, -0.2) is 12.1 Å². The molecular formula is C26H29AuO2P+. The second-order valence-electron chi connectivity index (χ2n) is 7.31. The van der Waals surface area contributed by atoms with Crippen LogP contribution in [0.2, 0.25) is 0 Å². The number of carbonyl (C=O) groups excluding carboxylic acids is 1. The Balaban J connectivity index is 0.000000345. The summed E-state index contributed by atoms with van der Waals surface area (Å²) in [6, 6.07) is 32.5. The van der Waals surface area contributed by atoms with Crippen molar-refractivity contribution in [3.8, 4) is 0 Å². The molecule has 1 unspecified atom stereocenters. The minimum Gasteiger partial charge on any atom is -0.454 e. The summed E-state index contributed by atoms with van der Waals surface area (Å²) in [7, 11) is -0.877. The third-order valence-electron chi connectivity index (χ3n) is 4.69. The number of ether oxygens (including phenoxy) is 1. The fourth-order valence-corrected chi connectivity index (χ4v) is 5.70. The molecule has 3 aromatic rings. The predicted octanol–water partition coefficient (Wildman–Crippen LogP) is 4.74. The van der Waals surface area contributed by atoms with E-state index < -0.39 is 7.92 Å².